The van der Waals surface area contributed by atoms with E-state index in [2.05, 4.69) is 25.9 Å². The molecule has 30 heavy (non-hydrogen) atoms. The number of urea groups is 1. The van der Waals surface area contributed by atoms with Gasteiger partial charge in [-0.2, -0.15) is 0 Å². The molecule has 2 aliphatic rings. The zero-order valence-corrected chi connectivity index (χ0v) is 18.4. The number of hydrogen-bond donors (Lipinski definition) is 0. The Hall–Kier alpha value is -2.68. The molecule has 1 atom stereocenters. The Labute approximate surface area is 184 Å². The van der Waals surface area contributed by atoms with Crippen LogP contribution in [0.2, 0.25) is 0 Å². The van der Waals surface area contributed by atoms with Crippen molar-refractivity contribution in [1.29, 1.82) is 0 Å². The summed E-state index contributed by atoms with van der Waals surface area (Å²) in [5, 5.41) is 0. The van der Waals surface area contributed by atoms with E-state index in [-0.39, 0.29) is 24.6 Å². The summed E-state index contributed by atoms with van der Waals surface area (Å²) in [7, 11) is 0. The first-order valence-corrected chi connectivity index (χ1v) is 10.8. The number of rotatable bonds is 5. The molecule has 2 aliphatic heterocycles. The lowest BCUT2D eigenvalue weighted by Crippen LogP contribution is -2.48. The van der Waals surface area contributed by atoms with E-state index in [0.717, 1.165) is 28.6 Å². The zero-order valence-electron chi connectivity index (χ0n) is 16.8. The number of aromatic nitrogens is 2. The van der Waals surface area contributed by atoms with Crippen LogP contribution >= 0.6 is 15.9 Å². The minimum absolute atomic E-state index is 0.0564. The Balaban J connectivity index is 1.32. The normalized spacial score (nSPS) is 19.3. The predicted molar refractivity (Wildman–Crippen MR) is 115 cm³/mol. The van der Waals surface area contributed by atoms with E-state index >= 15 is 0 Å². The second-order valence-electron chi connectivity index (χ2n) is 7.60. The molecule has 158 valence electrons. The molecule has 2 saturated heterocycles. The van der Waals surface area contributed by atoms with Gasteiger partial charge in [-0.3, -0.25) is 9.69 Å². The second-order valence-corrected chi connectivity index (χ2v) is 8.51. The van der Waals surface area contributed by atoms with E-state index in [1.54, 1.807) is 27.1 Å². The summed E-state index contributed by atoms with van der Waals surface area (Å²) in [5.41, 5.74) is 2.01. The largest absolute Gasteiger partial charge is 0.458 e. The first kappa shape index (κ1) is 20.6. The standard InChI is InChI=1S/C21H24BrN5O3/c1-15-4-6-17(7-5-15)27-10-9-26(21(27)29)14-19(28)25-8-2-3-18(13-25)30-20-23-11-16(22)12-24-20/h4-7,11-12,18H,2-3,8-10,13-14H2,1H3. The summed E-state index contributed by atoms with van der Waals surface area (Å²) in [6, 6.07) is 8.03. The SMILES string of the molecule is Cc1ccc(N2CCN(CC(=O)N3CCCC(Oc4ncc(Br)cn4)C3)C2=O)cc1. The van der Waals surface area contributed by atoms with Gasteiger partial charge in [-0.25, -0.2) is 14.8 Å². The monoisotopic (exact) mass is 473 g/mol. The summed E-state index contributed by atoms with van der Waals surface area (Å²) >= 11 is 3.30. The Morgan fingerprint density at radius 1 is 1.17 bits per heavy atom. The first-order valence-electron chi connectivity index (χ1n) is 10.0. The van der Waals surface area contributed by atoms with E-state index < -0.39 is 0 Å². The molecule has 9 heteroatoms. The average Bonchev–Trinajstić information content (AvgIpc) is 3.11. The van der Waals surface area contributed by atoms with E-state index in [4.69, 9.17) is 4.74 Å². The van der Waals surface area contributed by atoms with Crippen molar-refractivity contribution in [3.05, 3.63) is 46.7 Å². The Bertz CT molecular complexity index is 906. The van der Waals surface area contributed by atoms with Crippen LogP contribution in [0, 0.1) is 6.92 Å². The minimum atomic E-state index is -0.151. The molecule has 3 heterocycles. The van der Waals surface area contributed by atoms with Crippen LogP contribution in [0.15, 0.2) is 41.1 Å². The number of aryl methyl sites for hydroxylation is 1. The lowest BCUT2D eigenvalue weighted by Gasteiger charge is -2.33. The molecule has 1 aromatic heterocycles. The molecule has 2 aromatic rings. The highest BCUT2D eigenvalue weighted by atomic mass is 79.9. The highest BCUT2D eigenvalue weighted by Crippen LogP contribution is 2.22. The molecule has 0 N–H and O–H groups in total. The number of nitrogens with zero attached hydrogens (tertiary/aromatic N) is 5. The smallest absolute Gasteiger partial charge is 0.325 e. The molecule has 2 fully saturated rings. The molecule has 4 rings (SSSR count). The lowest BCUT2D eigenvalue weighted by molar-refractivity contribution is -0.134. The van der Waals surface area contributed by atoms with Crippen molar-refractivity contribution in [1.82, 2.24) is 19.8 Å². The van der Waals surface area contributed by atoms with Crippen molar-refractivity contribution in [2.45, 2.75) is 25.9 Å². The summed E-state index contributed by atoms with van der Waals surface area (Å²) in [5.74, 6) is -0.0564. The van der Waals surface area contributed by atoms with Gasteiger partial charge in [-0.1, -0.05) is 17.7 Å². The highest BCUT2D eigenvalue weighted by Gasteiger charge is 2.33. The summed E-state index contributed by atoms with van der Waals surface area (Å²) in [6.07, 6.45) is 4.80. The van der Waals surface area contributed by atoms with Crippen molar-refractivity contribution in [2.24, 2.45) is 0 Å². The van der Waals surface area contributed by atoms with Gasteiger partial charge in [0, 0.05) is 37.7 Å². The van der Waals surface area contributed by atoms with Gasteiger partial charge in [0.2, 0.25) is 5.91 Å². The number of benzene rings is 1. The van der Waals surface area contributed by atoms with Gasteiger partial charge in [-0.15, -0.1) is 0 Å². The Kier molecular flexibility index (Phi) is 6.17. The molecule has 0 radical (unpaired) electrons. The first-order chi connectivity index (χ1) is 14.5. The molecular weight excluding hydrogens is 450 g/mol. The van der Waals surface area contributed by atoms with Crippen LogP contribution in [0.25, 0.3) is 0 Å². The van der Waals surface area contributed by atoms with Crippen LogP contribution in [0.4, 0.5) is 10.5 Å². The molecular formula is C21H24BrN5O3. The number of piperidine rings is 1. The third-order valence-corrected chi connectivity index (χ3v) is 5.78. The molecule has 0 aliphatic carbocycles. The maximum atomic E-state index is 12.9. The minimum Gasteiger partial charge on any atom is -0.458 e. The summed E-state index contributed by atoms with van der Waals surface area (Å²) in [4.78, 5) is 39.0. The summed E-state index contributed by atoms with van der Waals surface area (Å²) < 4.78 is 6.62. The number of carbonyl (C=O) groups is 2. The van der Waals surface area contributed by atoms with E-state index in [1.807, 2.05) is 31.2 Å². The fraction of sp³-hybridized carbons (Fsp3) is 0.429. The van der Waals surface area contributed by atoms with Gasteiger partial charge in [0.05, 0.1) is 11.0 Å². The zero-order chi connectivity index (χ0) is 21.1. The molecule has 0 saturated carbocycles. The molecule has 0 spiro atoms. The van der Waals surface area contributed by atoms with Crippen molar-refractivity contribution < 1.29 is 14.3 Å². The van der Waals surface area contributed by atoms with Crippen molar-refractivity contribution in [2.75, 3.05) is 37.6 Å². The molecule has 8 nitrogen and oxygen atoms in total. The maximum absolute atomic E-state index is 12.9. The topological polar surface area (TPSA) is 78.9 Å². The highest BCUT2D eigenvalue weighted by molar-refractivity contribution is 9.10. The van der Waals surface area contributed by atoms with Crippen LogP contribution in [0.5, 0.6) is 6.01 Å². The van der Waals surface area contributed by atoms with E-state index in [1.165, 1.54) is 0 Å². The Morgan fingerprint density at radius 2 is 1.90 bits per heavy atom. The number of amides is 3. The van der Waals surface area contributed by atoms with Crippen molar-refractivity contribution in [3.63, 3.8) is 0 Å². The number of ether oxygens (including phenoxy) is 1. The van der Waals surface area contributed by atoms with E-state index in [9.17, 15) is 9.59 Å². The van der Waals surface area contributed by atoms with Gasteiger partial charge in [0.1, 0.15) is 12.6 Å². The predicted octanol–water partition coefficient (Wildman–Crippen LogP) is 2.86. The third kappa shape index (κ3) is 4.72. The number of anilines is 1. The second kappa shape index (κ2) is 8.99. The number of likely N-dealkylation sites (tertiary alicyclic amines) is 1. The fourth-order valence-corrected chi connectivity index (χ4v) is 3.93. The van der Waals surface area contributed by atoms with Crippen molar-refractivity contribution in [3.8, 4) is 6.01 Å². The lowest BCUT2D eigenvalue weighted by atomic mass is 10.1. The molecule has 3 amide bonds. The average molecular weight is 474 g/mol. The van der Waals surface area contributed by atoms with Gasteiger partial charge < -0.3 is 14.5 Å². The fourth-order valence-electron chi connectivity index (χ4n) is 3.73. The molecule has 0 bridgehead atoms. The van der Waals surface area contributed by atoms with Crippen LogP contribution < -0.4 is 9.64 Å². The van der Waals surface area contributed by atoms with Gasteiger partial charge in [0.15, 0.2) is 0 Å². The molecule has 1 aromatic carbocycles. The van der Waals surface area contributed by atoms with Crippen LogP contribution in [-0.2, 0) is 4.79 Å². The van der Waals surface area contributed by atoms with Crippen LogP contribution in [-0.4, -0.2) is 70.5 Å². The van der Waals surface area contributed by atoms with Gasteiger partial charge in [-0.05, 0) is 47.8 Å². The molecule has 1 unspecified atom stereocenters. The summed E-state index contributed by atoms with van der Waals surface area (Å²) in [6.45, 7) is 4.37. The number of halogens is 1. The quantitative estimate of drug-likeness (QED) is 0.666. The van der Waals surface area contributed by atoms with Gasteiger partial charge in [0.25, 0.3) is 0 Å². The Morgan fingerprint density at radius 3 is 2.63 bits per heavy atom. The van der Waals surface area contributed by atoms with Crippen LogP contribution in [0.3, 0.4) is 0 Å². The number of carbonyl (C=O) groups excluding carboxylic acids is 2. The number of hydrogen-bond acceptors (Lipinski definition) is 5. The van der Waals surface area contributed by atoms with Crippen LogP contribution in [0.1, 0.15) is 18.4 Å². The maximum Gasteiger partial charge on any atom is 0.325 e. The third-order valence-electron chi connectivity index (χ3n) is 5.37. The van der Waals surface area contributed by atoms with E-state index in [0.29, 0.717) is 32.2 Å². The van der Waals surface area contributed by atoms with Crippen molar-refractivity contribution >= 4 is 33.6 Å². The van der Waals surface area contributed by atoms with Gasteiger partial charge >= 0.3 is 12.0 Å².